The van der Waals surface area contributed by atoms with Crippen molar-refractivity contribution in [3.8, 4) is 5.69 Å². The molecule has 0 unspecified atom stereocenters. The predicted octanol–water partition coefficient (Wildman–Crippen LogP) is 9.65. The van der Waals surface area contributed by atoms with Crippen LogP contribution in [0.2, 0.25) is 0 Å². The molecule has 176 valence electrons. The fourth-order valence-electron chi connectivity index (χ4n) is 6.56. The Bertz CT molecular complexity index is 2400. The molecule has 2 heteroatoms. The van der Waals surface area contributed by atoms with E-state index >= 15 is 0 Å². The number of rotatable bonds is 1. The zero-order chi connectivity index (χ0) is 24.8. The highest BCUT2D eigenvalue weighted by Crippen LogP contribution is 2.39. The number of benzene rings is 6. The minimum Gasteiger partial charge on any atom is -0.309 e. The molecule has 0 saturated carbocycles. The lowest BCUT2D eigenvalue weighted by atomic mass is 10.1. The SMILES string of the molecule is c1ccc2cc(-n3c4ccccc4c4cc5cc6c7ccccc7c7ccccc7n6c5cc43)ccc2c1. The molecule has 0 atom stereocenters. The molecule has 0 saturated heterocycles. The Labute approximate surface area is 218 Å². The summed E-state index contributed by atoms with van der Waals surface area (Å²) in [6, 6.07) is 48.9. The van der Waals surface area contributed by atoms with Gasteiger partial charge in [-0.3, -0.25) is 0 Å². The molecule has 0 bridgehead atoms. The summed E-state index contributed by atoms with van der Waals surface area (Å²) in [5.41, 5.74) is 7.37. The van der Waals surface area contributed by atoms with E-state index in [1.807, 2.05) is 0 Å². The summed E-state index contributed by atoms with van der Waals surface area (Å²) in [4.78, 5) is 0. The van der Waals surface area contributed by atoms with Crippen LogP contribution in [0, 0.1) is 0 Å². The van der Waals surface area contributed by atoms with Crippen molar-refractivity contribution >= 4 is 70.7 Å². The zero-order valence-corrected chi connectivity index (χ0v) is 20.6. The van der Waals surface area contributed by atoms with E-state index in [0.29, 0.717) is 0 Å². The first kappa shape index (κ1) is 20.0. The summed E-state index contributed by atoms with van der Waals surface area (Å²) >= 11 is 0. The van der Waals surface area contributed by atoms with Crippen molar-refractivity contribution in [2.45, 2.75) is 0 Å². The third-order valence-electron chi connectivity index (χ3n) is 8.22. The molecule has 2 nitrogen and oxygen atoms in total. The van der Waals surface area contributed by atoms with Gasteiger partial charge in [-0.15, -0.1) is 0 Å². The average molecular weight is 483 g/mol. The van der Waals surface area contributed by atoms with Gasteiger partial charge < -0.3 is 8.97 Å². The molecule has 6 aromatic carbocycles. The highest BCUT2D eigenvalue weighted by molar-refractivity contribution is 6.19. The summed E-state index contributed by atoms with van der Waals surface area (Å²) < 4.78 is 4.88. The molecule has 0 radical (unpaired) electrons. The van der Waals surface area contributed by atoms with E-state index in [-0.39, 0.29) is 0 Å². The van der Waals surface area contributed by atoms with Gasteiger partial charge in [0.1, 0.15) is 0 Å². The Morgan fingerprint density at radius 3 is 1.76 bits per heavy atom. The summed E-state index contributed by atoms with van der Waals surface area (Å²) in [5.74, 6) is 0. The van der Waals surface area contributed by atoms with Crippen LogP contribution in [0.25, 0.3) is 76.4 Å². The van der Waals surface area contributed by atoms with Crippen LogP contribution in [-0.4, -0.2) is 8.97 Å². The minimum absolute atomic E-state index is 1.19. The summed E-state index contributed by atoms with van der Waals surface area (Å²) in [5, 5.41) is 10.2. The molecule has 0 aliphatic heterocycles. The second kappa shape index (κ2) is 7.24. The van der Waals surface area contributed by atoms with Crippen molar-refractivity contribution in [2.75, 3.05) is 0 Å². The largest absolute Gasteiger partial charge is 0.309 e. The molecule has 9 aromatic rings. The van der Waals surface area contributed by atoms with Crippen LogP contribution >= 0.6 is 0 Å². The van der Waals surface area contributed by atoms with E-state index < -0.39 is 0 Å². The zero-order valence-electron chi connectivity index (χ0n) is 20.6. The minimum atomic E-state index is 1.19. The summed E-state index contributed by atoms with van der Waals surface area (Å²) in [6.45, 7) is 0. The van der Waals surface area contributed by atoms with Gasteiger partial charge in [0.2, 0.25) is 0 Å². The van der Waals surface area contributed by atoms with Crippen molar-refractivity contribution < 1.29 is 0 Å². The monoisotopic (exact) mass is 482 g/mol. The third-order valence-corrected chi connectivity index (χ3v) is 8.22. The lowest BCUT2D eigenvalue weighted by Crippen LogP contribution is -1.94. The number of hydrogen-bond donors (Lipinski definition) is 0. The van der Waals surface area contributed by atoms with E-state index in [4.69, 9.17) is 0 Å². The molecule has 0 N–H and O–H groups in total. The predicted molar refractivity (Wildman–Crippen MR) is 162 cm³/mol. The maximum Gasteiger partial charge on any atom is 0.0562 e. The molecule has 9 rings (SSSR count). The van der Waals surface area contributed by atoms with Gasteiger partial charge in [0, 0.05) is 32.6 Å². The molecule has 3 heterocycles. The Morgan fingerprint density at radius 1 is 0.316 bits per heavy atom. The third kappa shape index (κ3) is 2.56. The van der Waals surface area contributed by atoms with Crippen LogP contribution in [0.5, 0.6) is 0 Å². The van der Waals surface area contributed by atoms with Gasteiger partial charge in [0.15, 0.2) is 0 Å². The lowest BCUT2D eigenvalue weighted by Gasteiger charge is -2.11. The number of hydrogen-bond acceptors (Lipinski definition) is 0. The summed E-state index contributed by atoms with van der Waals surface area (Å²) in [7, 11) is 0. The standard InChI is InChI=1S/C36H22N2/c1-2-10-24-19-26(18-17-23(24)9-1)37-32-15-7-6-14-30(32)31-20-25-21-35-29-13-4-3-11-27(29)28-12-5-8-16-33(28)38(35)34(25)22-36(31)37/h1-22H. The van der Waals surface area contributed by atoms with Crippen molar-refractivity contribution in [1.82, 2.24) is 8.97 Å². The quantitative estimate of drug-likeness (QED) is 0.206. The molecular weight excluding hydrogens is 460 g/mol. The lowest BCUT2D eigenvalue weighted by molar-refractivity contribution is 1.19. The fraction of sp³-hybridized carbons (Fsp3) is 0. The van der Waals surface area contributed by atoms with Crippen LogP contribution in [-0.2, 0) is 0 Å². The van der Waals surface area contributed by atoms with Gasteiger partial charge >= 0.3 is 0 Å². The molecule has 0 spiro atoms. The maximum absolute atomic E-state index is 2.45. The van der Waals surface area contributed by atoms with E-state index in [0.717, 1.165) is 0 Å². The Hall–Kier alpha value is -5.08. The highest BCUT2D eigenvalue weighted by atomic mass is 15.0. The number of pyridine rings is 1. The molecule has 38 heavy (non-hydrogen) atoms. The summed E-state index contributed by atoms with van der Waals surface area (Å²) in [6.07, 6.45) is 0. The van der Waals surface area contributed by atoms with Crippen molar-refractivity contribution in [1.29, 1.82) is 0 Å². The molecule has 0 aliphatic rings. The smallest absolute Gasteiger partial charge is 0.0562 e. The second-order valence-electron chi connectivity index (χ2n) is 10.2. The fourth-order valence-corrected chi connectivity index (χ4v) is 6.56. The van der Waals surface area contributed by atoms with Crippen LogP contribution in [0.1, 0.15) is 0 Å². The van der Waals surface area contributed by atoms with Gasteiger partial charge in [-0.1, -0.05) is 91.0 Å². The van der Waals surface area contributed by atoms with Gasteiger partial charge in [-0.05, 0) is 58.6 Å². The van der Waals surface area contributed by atoms with E-state index in [9.17, 15) is 0 Å². The average Bonchev–Trinajstić information content (AvgIpc) is 3.51. The maximum atomic E-state index is 2.45. The Morgan fingerprint density at radius 2 is 0.947 bits per heavy atom. The number of fused-ring (bicyclic) bond motifs is 12. The van der Waals surface area contributed by atoms with Crippen LogP contribution < -0.4 is 0 Å². The molecule has 0 aliphatic carbocycles. The van der Waals surface area contributed by atoms with E-state index in [2.05, 4.69) is 142 Å². The number of aromatic nitrogens is 2. The van der Waals surface area contributed by atoms with Crippen LogP contribution in [0.3, 0.4) is 0 Å². The van der Waals surface area contributed by atoms with Crippen LogP contribution in [0.15, 0.2) is 133 Å². The van der Waals surface area contributed by atoms with Crippen molar-refractivity contribution in [3.05, 3.63) is 133 Å². The van der Waals surface area contributed by atoms with Crippen LogP contribution in [0.4, 0.5) is 0 Å². The number of nitrogens with zero attached hydrogens (tertiary/aromatic N) is 2. The first-order valence-corrected chi connectivity index (χ1v) is 13.1. The van der Waals surface area contributed by atoms with Crippen molar-refractivity contribution in [3.63, 3.8) is 0 Å². The second-order valence-corrected chi connectivity index (χ2v) is 10.2. The molecular formula is C36H22N2. The van der Waals surface area contributed by atoms with Gasteiger partial charge in [0.05, 0.1) is 27.6 Å². The van der Waals surface area contributed by atoms with E-state index in [1.54, 1.807) is 0 Å². The first-order chi connectivity index (χ1) is 18.8. The van der Waals surface area contributed by atoms with Gasteiger partial charge in [-0.25, -0.2) is 0 Å². The normalized spacial score (nSPS) is 12.2. The van der Waals surface area contributed by atoms with E-state index in [1.165, 1.54) is 76.4 Å². The van der Waals surface area contributed by atoms with Crippen molar-refractivity contribution in [2.24, 2.45) is 0 Å². The Balaban J connectivity index is 1.48. The Kier molecular flexibility index (Phi) is 3.82. The topological polar surface area (TPSA) is 9.34 Å². The number of para-hydroxylation sites is 2. The first-order valence-electron chi connectivity index (χ1n) is 13.1. The van der Waals surface area contributed by atoms with Gasteiger partial charge in [0.25, 0.3) is 0 Å². The molecule has 0 amide bonds. The highest BCUT2D eigenvalue weighted by Gasteiger charge is 2.17. The van der Waals surface area contributed by atoms with Gasteiger partial charge in [-0.2, -0.15) is 0 Å². The molecule has 0 fully saturated rings. The molecule has 3 aromatic heterocycles.